The topological polar surface area (TPSA) is 89.1 Å². The van der Waals surface area contributed by atoms with E-state index in [0.717, 1.165) is 16.8 Å². The van der Waals surface area contributed by atoms with Crippen molar-refractivity contribution >= 4 is 11.9 Å². The molecule has 0 aliphatic rings. The van der Waals surface area contributed by atoms with Gasteiger partial charge in [0.1, 0.15) is 0 Å². The van der Waals surface area contributed by atoms with Crippen LogP contribution in [-0.4, -0.2) is 21.0 Å². The maximum atomic E-state index is 10.7. The summed E-state index contributed by atoms with van der Waals surface area (Å²) in [6.45, 7) is 1.83. The molecule has 3 N–H and O–H groups in total. The average Bonchev–Trinajstić information content (AvgIpc) is 2.29. The lowest BCUT2D eigenvalue weighted by atomic mass is 10.0. The lowest BCUT2D eigenvalue weighted by molar-refractivity contribution is 0.0697. The second-order valence-corrected chi connectivity index (χ2v) is 3.61. The number of hydrogen-bond donors (Lipinski definition) is 2. The summed E-state index contributed by atoms with van der Waals surface area (Å²) in [5.41, 5.74) is 8.20. The molecule has 0 aliphatic carbocycles. The summed E-state index contributed by atoms with van der Waals surface area (Å²) < 4.78 is 0. The number of aromatic carboxylic acids is 1. The van der Waals surface area contributed by atoms with Gasteiger partial charge in [0.25, 0.3) is 0 Å². The van der Waals surface area contributed by atoms with Crippen LogP contribution in [-0.2, 0) is 0 Å². The van der Waals surface area contributed by atoms with Crippen LogP contribution in [0.15, 0.2) is 30.5 Å². The molecule has 1 heterocycles. The number of carboxylic acids is 1. The number of anilines is 1. The van der Waals surface area contributed by atoms with Gasteiger partial charge in [-0.3, -0.25) is 0 Å². The Balaban J connectivity index is 2.43. The molecule has 0 amide bonds. The minimum atomic E-state index is -0.943. The van der Waals surface area contributed by atoms with E-state index in [1.807, 2.05) is 6.92 Å². The van der Waals surface area contributed by atoms with Crippen LogP contribution in [0, 0.1) is 6.92 Å². The van der Waals surface area contributed by atoms with E-state index in [0.29, 0.717) is 0 Å². The van der Waals surface area contributed by atoms with E-state index in [2.05, 4.69) is 9.97 Å². The van der Waals surface area contributed by atoms with E-state index in [1.165, 1.54) is 0 Å². The largest absolute Gasteiger partial charge is 0.478 e. The summed E-state index contributed by atoms with van der Waals surface area (Å²) in [5, 5.41) is 8.80. The van der Waals surface area contributed by atoms with E-state index >= 15 is 0 Å². The summed E-state index contributed by atoms with van der Waals surface area (Å²) in [6, 6.07) is 6.55. The summed E-state index contributed by atoms with van der Waals surface area (Å²) in [6.07, 6.45) is 1.63. The van der Waals surface area contributed by atoms with Crippen molar-refractivity contribution in [3.63, 3.8) is 0 Å². The first-order chi connectivity index (χ1) is 8.08. The highest BCUT2D eigenvalue weighted by Gasteiger charge is 2.06. The number of nitrogen functional groups attached to an aromatic ring is 1. The molecule has 2 rings (SSSR count). The Bertz CT molecular complexity index is 564. The molecule has 2 aromatic rings. The fourth-order valence-corrected chi connectivity index (χ4v) is 1.56. The highest BCUT2D eigenvalue weighted by Crippen LogP contribution is 2.22. The van der Waals surface area contributed by atoms with Crippen LogP contribution >= 0.6 is 0 Å². The molecule has 0 saturated heterocycles. The molecule has 1 aromatic heterocycles. The third-order valence-corrected chi connectivity index (χ3v) is 2.44. The van der Waals surface area contributed by atoms with Crippen molar-refractivity contribution in [2.24, 2.45) is 0 Å². The predicted octanol–water partition coefficient (Wildman–Crippen LogP) is 1.73. The number of rotatable bonds is 2. The van der Waals surface area contributed by atoms with Crippen LogP contribution in [0.5, 0.6) is 0 Å². The number of benzene rings is 1. The number of carbonyl (C=O) groups is 1. The zero-order valence-corrected chi connectivity index (χ0v) is 9.21. The van der Waals surface area contributed by atoms with E-state index in [9.17, 15) is 4.79 Å². The SMILES string of the molecule is Cc1nc(N)ncc1-c1ccc(C(=O)O)cc1. The molecule has 0 unspecified atom stereocenters. The molecule has 86 valence electrons. The molecule has 5 heteroatoms. The van der Waals surface area contributed by atoms with Gasteiger partial charge in [0.2, 0.25) is 5.95 Å². The van der Waals surface area contributed by atoms with Crippen molar-refractivity contribution in [3.8, 4) is 11.1 Å². The Labute approximate surface area is 98.0 Å². The zero-order valence-electron chi connectivity index (χ0n) is 9.21. The van der Waals surface area contributed by atoms with Gasteiger partial charge in [0.05, 0.1) is 11.3 Å². The Morgan fingerprint density at radius 2 is 1.94 bits per heavy atom. The predicted molar refractivity (Wildman–Crippen MR) is 63.6 cm³/mol. The molecule has 0 fully saturated rings. The molecule has 0 saturated carbocycles. The number of hydrogen-bond acceptors (Lipinski definition) is 4. The van der Waals surface area contributed by atoms with Gasteiger partial charge in [-0.15, -0.1) is 0 Å². The van der Waals surface area contributed by atoms with Gasteiger partial charge in [-0.1, -0.05) is 12.1 Å². The maximum Gasteiger partial charge on any atom is 0.335 e. The standard InChI is InChI=1S/C12H11N3O2/c1-7-10(6-14-12(13)15-7)8-2-4-9(5-3-8)11(16)17/h2-6H,1H3,(H,16,17)(H2,13,14,15). The van der Waals surface area contributed by atoms with E-state index in [4.69, 9.17) is 10.8 Å². The fourth-order valence-electron chi connectivity index (χ4n) is 1.56. The fraction of sp³-hybridized carbons (Fsp3) is 0.0833. The van der Waals surface area contributed by atoms with Crippen LogP contribution < -0.4 is 5.73 Å². The van der Waals surface area contributed by atoms with Gasteiger partial charge in [0.15, 0.2) is 0 Å². The second-order valence-electron chi connectivity index (χ2n) is 3.61. The molecule has 0 spiro atoms. The number of nitrogens with two attached hydrogens (primary N) is 1. The Morgan fingerprint density at radius 3 is 2.47 bits per heavy atom. The summed E-state index contributed by atoms with van der Waals surface area (Å²) in [7, 11) is 0. The first-order valence-electron chi connectivity index (χ1n) is 5.01. The summed E-state index contributed by atoms with van der Waals surface area (Å²) in [4.78, 5) is 18.7. The van der Waals surface area contributed by atoms with Crippen LogP contribution in [0.4, 0.5) is 5.95 Å². The number of aryl methyl sites for hydroxylation is 1. The van der Waals surface area contributed by atoms with Gasteiger partial charge in [0, 0.05) is 11.8 Å². The van der Waals surface area contributed by atoms with Crippen molar-refractivity contribution in [2.75, 3.05) is 5.73 Å². The van der Waals surface area contributed by atoms with Gasteiger partial charge in [-0.05, 0) is 24.6 Å². The van der Waals surface area contributed by atoms with Gasteiger partial charge < -0.3 is 10.8 Å². The van der Waals surface area contributed by atoms with E-state index in [1.54, 1.807) is 30.5 Å². The van der Waals surface area contributed by atoms with Gasteiger partial charge in [-0.2, -0.15) is 0 Å². The normalized spacial score (nSPS) is 10.2. The zero-order chi connectivity index (χ0) is 12.4. The molecule has 1 aromatic carbocycles. The van der Waals surface area contributed by atoms with Crippen LogP contribution in [0.1, 0.15) is 16.1 Å². The molecule has 0 radical (unpaired) electrons. The molecule has 5 nitrogen and oxygen atoms in total. The lowest BCUT2D eigenvalue weighted by Gasteiger charge is -2.05. The van der Waals surface area contributed by atoms with Crippen molar-refractivity contribution < 1.29 is 9.90 Å². The summed E-state index contributed by atoms with van der Waals surface area (Å²) >= 11 is 0. The van der Waals surface area contributed by atoms with Crippen molar-refractivity contribution in [2.45, 2.75) is 6.92 Å². The number of aromatic nitrogens is 2. The first-order valence-corrected chi connectivity index (χ1v) is 5.01. The molecular formula is C12H11N3O2. The van der Waals surface area contributed by atoms with Gasteiger partial charge in [-0.25, -0.2) is 14.8 Å². The number of nitrogens with zero attached hydrogens (tertiary/aromatic N) is 2. The van der Waals surface area contributed by atoms with Crippen molar-refractivity contribution in [1.82, 2.24) is 9.97 Å². The van der Waals surface area contributed by atoms with Crippen molar-refractivity contribution in [1.29, 1.82) is 0 Å². The Hall–Kier alpha value is -2.43. The maximum absolute atomic E-state index is 10.7. The molecule has 0 aliphatic heterocycles. The smallest absolute Gasteiger partial charge is 0.335 e. The van der Waals surface area contributed by atoms with E-state index in [-0.39, 0.29) is 11.5 Å². The lowest BCUT2D eigenvalue weighted by Crippen LogP contribution is -1.99. The van der Waals surface area contributed by atoms with Crippen LogP contribution in [0.3, 0.4) is 0 Å². The summed E-state index contributed by atoms with van der Waals surface area (Å²) in [5.74, 6) is -0.713. The highest BCUT2D eigenvalue weighted by atomic mass is 16.4. The average molecular weight is 229 g/mol. The molecule has 0 bridgehead atoms. The van der Waals surface area contributed by atoms with Gasteiger partial charge >= 0.3 is 5.97 Å². The highest BCUT2D eigenvalue weighted by molar-refractivity contribution is 5.88. The molecule has 0 atom stereocenters. The van der Waals surface area contributed by atoms with Crippen LogP contribution in [0.25, 0.3) is 11.1 Å². The quantitative estimate of drug-likeness (QED) is 0.818. The minimum Gasteiger partial charge on any atom is -0.478 e. The monoisotopic (exact) mass is 229 g/mol. The number of carboxylic acid groups (broad SMARTS) is 1. The molecule has 17 heavy (non-hydrogen) atoms. The molecular weight excluding hydrogens is 218 g/mol. The minimum absolute atomic E-state index is 0.230. The van der Waals surface area contributed by atoms with Crippen LogP contribution in [0.2, 0.25) is 0 Å². The van der Waals surface area contributed by atoms with E-state index < -0.39 is 5.97 Å². The first kappa shape index (κ1) is 11.1. The Kier molecular flexibility index (Phi) is 2.74. The third kappa shape index (κ3) is 2.23. The van der Waals surface area contributed by atoms with Crippen molar-refractivity contribution in [3.05, 3.63) is 41.7 Å². The Morgan fingerprint density at radius 1 is 1.29 bits per heavy atom. The second kappa shape index (κ2) is 4.21. The third-order valence-electron chi connectivity index (χ3n) is 2.44.